The van der Waals surface area contributed by atoms with Crippen LogP contribution in [0.3, 0.4) is 0 Å². The van der Waals surface area contributed by atoms with Gasteiger partial charge in [-0.05, 0) is 25.0 Å². The number of rotatable bonds is 2. The fourth-order valence-electron chi connectivity index (χ4n) is 2.38. The molecule has 90 valence electrons. The molecule has 0 saturated heterocycles. The van der Waals surface area contributed by atoms with Gasteiger partial charge < -0.3 is 0 Å². The van der Waals surface area contributed by atoms with Gasteiger partial charge in [-0.1, -0.05) is 24.4 Å². The van der Waals surface area contributed by atoms with Gasteiger partial charge in [0.25, 0.3) is 0 Å². The Balaban J connectivity index is 2.61. The van der Waals surface area contributed by atoms with Crippen molar-refractivity contribution >= 4 is 17.7 Å². The van der Waals surface area contributed by atoms with Crippen LogP contribution in [0.15, 0.2) is 17.1 Å². The van der Waals surface area contributed by atoms with Gasteiger partial charge in [-0.25, -0.2) is 13.6 Å². The van der Waals surface area contributed by atoms with Gasteiger partial charge in [0, 0.05) is 5.56 Å². The van der Waals surface area contributed by atoms with Gasteiger partial charge in [-0.3, -0.25) is 0 Å². The quantitative estimate of drug-likeness (QED) is 0.451. The van der Waals surface area contributed by atoms with Gasteiger partial charge in [0.05, 0.1) is 5.02 Å². The maximum atomic E-state index is 13.9. The minimum absolute atomic E-state index is 0.0587. The number of hydrogen-bond acceptors (Lipinski definition) is 2. The van der Waals surface area contributed by atoms with Crippen LogP contribution >= 0.6 is 11.6 Å². The first-order valence-corrected chi connectivity index (χ1v) is 5.71. The van der Waals surface area contributed by atoms with Gasteiger partial charge >= 0.3 is 0 Å². The Morgan fingerprint density at radius 3 is 2.53 bits per heavy atom. The van der Waals surface area contributed by atoms with Gasteiger partial charge in [0.1, 0.15) is 17.2 Å². The topological polar surface area (TPSA) is 29.4 Å². The summed E-state index contributed by atoms with van der Waals surface area (Å²) in [6, 6.07) is 1.97. The molecule has 1 aromatic carbocycles. The Hall–Kier alpha value is -1.25. The molecule has 17 heavy (non-hydrogen) atoms. The first kappa shape index (κ1) is 12.2. The molecule has 0 amide bonds. The SMILES string of the molecule is O=C=NC1(c2cc(F)cc(Cl)c2F)CCCC1. The third-order valence-corrected chi connectivity index (χ3v) is 3.46. The molecule has 5 heteroatoms. The predicted octanol–water partition coefficient (Wildman–Crippen LogP) is 3.72. The number of aliphatic imine (C=N–C) groups is 1. The van der Waals surface area contributed by atoms with Gasteiger partial charge in [0.2, 0.25) is 6.08 Å². The van der Waals surface area contributed by atoms with Crippen LogP contribution in [-0.2, 0) is 10.3 Å². The summed E-state index contributed by atoms with van der Waals surface area (Å²) in [6.45, 7) is 0. The van der Waals surface area contributed by atoms with Crippen molar-refractivity contribution in [2.45, 2.75) is 31.2 Å². The van der Waals surface area contributed by atoms with Crippen LogP contribution in [0.1, 0.15) is 31.2 Å². The first-order valence-electron chi connectivity index (χ1n) is 5.33. The van der Waals surface area contributed by atoms with Crippen LogP contribution in [0, 0.1) is 11.6 Å². The highest BCUT2D eigenvalue weighted by molar-refractivity contribution is 6.30. The molecule has 1 aromatic rings. The molecule has 0 aromatic heterocycles. The van der Waals surface area contributed by atoms with Crippen LogP contribution in [-0.4, -0.2) is 6.08 Å². The van der Waals surface area contributed by atoms with Gasteiger partial charge in [-0.15, -0.1) is 0 Å². The lowest BCUT2D eigenvalue weighted by molar-refractivity contribution is 0.426. The van der Waals surface area contributed by atoms with Gasteiger partial charge in [0.15, 0.2) is 0 Å². The van der Waals surface area contributed by atoms with Crippen LogP contribution in [0.25, 0.3) is 0 Å². The second kappa shape index (κ2) is 4.55. The van der Waals surface area contributed by atoms with E-state index in [1.54, 1.807) is 0 Å². The lowest BCUT2D eigenvalue weighted by Crippen LogP contribution is -2.21. The summed E-state index contributed by atoms with van der Waals surface area (Å²) in [5.74, 6) is -1.33. The van der Waals surface area contributed by atoms with Crippen molar-refractivity contribution in [1.29, 1.82) is 0 Å². The van der Waals surface area contributed by atoms with Gasteiger partial charge in [-0.2, -0.15) is 4.99 Å². The minimum Gasteiger partial charge on any atom is -0.211 e. The van der Waals surface area contributed by atoms with E-state index in [0.717, 1.165) is 25.0 Å². The molecule has 0 bridgehead atoms. The maximum absolute atomic E-state index is 13.9. The molecule has 1 saturated carbocycles. The highest BCUT2D eigenvalue weighted by Gasteiger charge is 2.38. The number of carbonyl (C=O) groups excluding carboxylic acids is 1. The van der Waals surface area contributed by atoms with Crippen LogP contribution in [0.5, 0.6) is 0 Å². The van der Waals surface area contributed by atoms with Crippen LogP contribution < -0.4 is 0 Å². The Kier molecular flexibility index (Phi) is 3.27. The van der Waals surface area contributed by atoms with Crippen molar-refractivity contribution in [3.8, 4) is 0 Å². The van der Waals surface area contributed by atoms with E-state index in [-0.39, 0.29) is 10.6 Å². The largest absolute Gasteiger partial charge is 0.235 e. The highest BCUT2D eigenvalue weighted by Crippen LogP contribution is 2.44. The van der Waals surface area contributed by atoms with E-state index < -0.39 is 17.2 Å². The number of halogens is 3. The predicted molar refractivity (Wildman–Crippen MR) is 59.6 cm³/mol. The third kappa shape index (κ3) is 2.11. The van der Waals surface area contributed by atoms with Crippen LogP contribution in [0.4, 0.5) is 8.78 Å². The smallest absolute Gasteiger partial charge is 0.211 e. The summed E-state index contributed by atoms with van der Waals surface area (Å²) < 4.78 is 27.2. The molecule has 0 spiro atoms. The molecule has 1 aliphatic carbocycles. The number of nitrogens with zero attached hydrogens (tertiary/aromatic N) is 1. The number of isocyanates is 1. The second-order valence-corrected chi connectivity index (χ2v) is 4.60. The van der Waals surface area contributed by atoms with Crippen molar-refractivity contribution < 1.29 is 13.6 Å². The molecule has 2 rings (SSSR count). The summed E-state index contributed by atoms with van der Waals surface area (Å²) in [7, 11) is 0. The van der Waals surface area contributed by atoms with Crippen molar-refractivity contribution in [3.63, 3.8) is 0 Å². The summed E-state index contributed by atoms with van der Waals surface area (Å²) in [6.07, 6.45) is 4.12. The van der Waals surface area contributed by atoms with E-state index in [1.165, 1.54) is 6.08 Å². The summed E-state index contributed by atoms with van der Waals surface area (Å²) in [5.41, 5.74) is -0.930. The fraction of sp³-hybridized carbons (Fsp3) is 0.417. The molecule has 0 radical (unpaired) electrons. The molecule has 0 heterocycles. The molecular formula is C12H10ClF2NO. The van der Waals surface area contributed by atoms with E-state index in [0.29, 0.717) is 12.8 Å². The van der Waals surface area contributed by atoms with E-state index in [1.807, 2.05) is 0 Å². The Labute approximate surface area is 102 Å². The zero-order valence-corrected chi connectivity index (χ0v) is 9.73. The zero-order valence-electron chi connectivity index (χ0n) is 8.97. The summed E-state index contributed by atoms with van der Waals surface area (Å²) in [5, 5.41) is -0.285. The van der Waals surface area contributed by atoms with E-state index in [4.69, 9.17) is 11.6 Å². The number of hydrogen-bond donors (Lipinski definition) is 0. The van der Waals surface area contributed by atoms with E-state index >= 15 is 0 Å². The number of benzene rings is 1. The molecule has 1 fully saturated rings. The average molecular weight is 258 g/mol. The average Bonchev–Trinajstić information content (AvgIpc) is 2.73. The van der Waals surface area contributed by atoms with Crippen molar-refractivity contribution in [1.82, 2.24) is 0 Å². The van der Waals surface area contributed by atoms with E-state index in [2.05, 4.69) is 4.99 Å². The standard InChI is InChI=1S/C12H10ClF2NO/c13-10-6-8(14)5-9(11(10)15)12(16-7-17)3-1-2-4-12/h5-6H,1-4H2. The molecule has 1 aliphatic rings. The molecular weight excluding hydrogens is 248 g/mol. The Morgan fingerprint density at radius 2 is 1.94 bits per heavy atom. The Bertz CT molecular complexity index is 492. The lowest BCUT2D eigenvalue weighted by Gasteiger charge is -2.23. The molecule has 0 aliphatic heterocycles. The first-order chi connectivity index (χ1) is 8.09. The normalized spacial score (nSPS) is 17.8. The molecule has 0 atom stereocenters. The zero-order chi connectivity index (χ0) is 12.5. The van der Waals surface area contributed by atoms with Crippen molar-refractivity contribution in [2.24, 2.45) is 4.99 Å². The fourth-order valence-corrected chi connectivity index (χ4v) is 2.59. The second-order valence-electron chi connectivity index (χ2n) is 4.19. The summed E-state index contributed by atoms with van der Waals surface area (Å²) >= 11 is 5.60. The molecule has 2 nitrogen and oxygen atoms in total. The summed E-state index contributed by atoms with van der Waals surface area (Å²) in [4.78, 5) is 14.2. The Morgan fingerprint density at radius 1 is 1.29 bits per heavy atom. The van der Waals surface area contributed by atoms with E-state index in [9.17, 15) is 13.6 Å². The third-order valence-electron chi connectivity index (χ3n) is 3.18. The molecule has 0 N–H and O–H groups in total. The maximum Gasteiger partial charge on any atom is 0.235 e. The lowest BCUT2D eigenvalue weighted by atomic mass is 9.88. The minimum atomic E-state index is -0.989. The molecule has 0 unspecified atom stereocenters. The van der Waals surface area contributed by atoms with Crippen molar-refractivity contribution in [3.05, 3.63) is 34.4 Å². The highest BCUT2D eigenvalue weighted by atomic mass is 35.5. The van der Waals surface area contributed by atoms with Crippen LogP contribution in [0.2, 0.25) is 5.02 Å². The van der Waals surface area contributed by atoms with Crippen molar-refractivity contribution in [2.75, 3.05) is 0 Å². The monoisotopic (exact) mass is 257 g/mol.